The van der Waals surface area contributed by atoms with E-state index in [0.717, 1.165) is 16.5 Å². The Labute approximate surface area is 98.6 Å². The van der Waals surface area contributed by atoms with Crippen molar-refractivity contribution >= 4 is 21.4 Å². The zero-order valence-electron chi connectivity index (χ0n) is 9.16. The maximum atomic E-state index is 13.1. The fourth-order valence-corrected chi connectivity index (χ4v) is 2.95. The van der Waals surface area contributed by atoms with Crippen LogP contribution in [-0.2, 0) is 0 Å². The second kappa shape index (κ2) is 4.76. The van der Waals surface area contributed by atoms with Crippen molar-refractivity contribution in [2.75, 3.05) is 7.05 Å². The van der Waals surface area contributed by atoms with Gasteiger partial charge in [0.15, 0.2) is 0 Å². The molecule has 1 unspecified atom stereocenters. The first kappa shape index (κ1) is 11.3. The number of nitrogens with one attached hydrogen (secondary N) is 1. The molecule has 1 aromatic carbocycles. The Morgan fingerprint density at radius 1 is 1.50 bits per heavy atom. The summed E-state index contributed by atoms with van der Waals surface area (Å²) in [5, 5.41) is 4.34. The summed E-state index contributed by atoms with van der Waals surface area (Å²) < 4.78 is 14.1. The quantitative estimate of drug-likeness (QED) is 0.793. The maximum Gasteiger partial charge on any atom is 0.124 e. The number of benzene rings is 1. The van der Waals surface area contributed by atoms with Crippen LogP contribution in [0.2, 0.25) is 0 Å². The third-order valence-electron chi connectivity index (χ3n) is 2.60. The topological polar surface area (TPSA) is 12.0 Å². The van der Waals surface area contributed by atoms with Crippen LogP contribution in [0.15, 0.2) is 36.9 Å². The predicted molar refractivity (Wildman–Crippen MR) is 68.4 cm³/mol. The molecule has 16 heavy (non-hydrogen) atoms. The van der Waals surface area contributed by atoms with Crippen LogP contribution < -0.4 is 5.32 Å². The second-order valence-electron chi connectivity index (χ2n) is 3.70. The van der Waals surface area contributed by atoms with E-state index in [1.807, 2.05) is 19.2 Å². The van der Waals surface area contributed by atoms with E-state index < -0.39 is 0 Å². The average molecular weight is 235 g/mol. The third kappa shape index (κ3) is 2.15. The van der Waals surface area contributed by atoms with Gasteiger partial charge in [0.1, 0.15) is 5.82 Å². The zero-order chi connectivity index (χ0) is 11.5. The summed E-state index contributed by atoms with van der Waals surface area (Å²) in [5.41, 5.74) is 0. The molecule has 0 saturated carbocycles. The molecule has 1 N–H and O–H groups in total. The van der Waals surface area contributed by atoms with Crippen LogP contribution in [0.5, 0.6) is 0 Å². The first-order valence-corrected chi connectivity index (χ1v) is 6.03. The lowest BCUT2D eigenvalue weighted by Gasteiger charge is -2.10. The lowest BCUT2D eigenvalue weighted by molar-refractivity contribution is 0.614. The molecule has 3 heteroatoms. The van der Waals surface area contributed by atoms with Crippen molar-refractivity contribution in [3.8, 4) is 0 Å². The summed E-state index contributed by atoms with van der Waals surface area (Å²) in [5.74, 6) is -0.175. The Morgan fingerprint density at radius 2 is 2.31 bits per heavy atom. The van der Waals surface area contributed by atoms with E-state index in [9.17, 15) is 4.39 Å². The van der Waals surface area contributed by atoms with Crippen LogP contribution in [0.4, 0.5) is 4.39 Å². The molecule has 0 bridgehead atoms. The van der Waals surface area contributed by atoms with Gasteiger partial charge in [-0.15, -0.1) is 17.9 Å². The van der Waals surface area contributed by atoms with Gasteiger partial charge in [0.2, 0.25) is 0 Å². The lowest BCUT2D eigenvalue weighted by atomic mass is 10.1. The SMILES string of the molecule is C=CCC(NC)c1cc2ccc(F)cc2s1. The molecule has 1 heterocycles. The Bertz CT molecular complexity index is 504. The average Bonchev–Trinajstić information content (AvgIpc) is 2.68. The normalized spacial score (nSPS) is 12.9. The van der Waals surface area contributed by atoms with E-state index in [0.29, 0.717) is 0 Å². The molecule has 0 saturated heterocycles. The molecule has 0 fully saturated rings. The molecule has 2 rings (SSSR count). The number of fused-ring (bicyclic) bond motifs is 1. The van der Waals surface area contributed by atoms with Gasteiger partial charge in [-0.05, 0) is 37.1 Å². The summed E-state index contributed by atoms with van der Waals surface area (Å²) in [6.07, 6.45) is 2.78. The highest BCUT2D eigenvalue weighted by molar-refractivity contribution is 7.19. The highest BCUT2D eigenvalue weighted by Gasteiger charge is 2.11. The molecule has 0 aliphatic rings. The van der Waals surface area contributed by atoms with Crippen molar-refractivity contribution in [1.29, 1.82) is 0 Å². The van der Waals surface area contributed by atoms with Gasteiger partial charge in [-0.25, -0.2) is 4.39 Å². The smallest absolute Gasteiger partial charge is 0.124 e. The molecule has 84 valence electrons. The minimum atomic E-state index is -0.175. The van der Waals surface area contributed by atoms with Crippen molar-refractivity contribution in [2.24, 2.45) is 0 Å². The van der Waals surface area contributed by atoms with Crippen LogP contribution in [0.1, 0.15) is 17.3 Å². The Balaban J connectivity index is 2.41. The largest absolute Gasteiger partial charge is 0.312 e. The molecule has 1 aromatic heterocycles. The molecule has 2 aromatic rings. The number of hydrogen-bond donors (Lipinski definition) is 1. The summed E-state index contributed by atoms with van der Waals surface area (Å²) in [4.78, 5) is 1.23. The van der Waals surface area contributed by atoms with Crippen LogP contribution in [-0.4, -0.2) is 7.05 Å². The van der Waals surface area contributed by atoms with Crippen molar-refractivity contribution in [3.05, 3.63) is 47.6 Å². The van der Waals surface area contributed by atoms with Gasteiger partial charge in [0.05, 0.1) is 0 Å². The van der Waals surface area contributed by atoms with Crippen molar-refractivity contribution in [3.63, 3.8) is 0 Å². The Morgan fingerprint density at radius 3 is 3.00 bits per heavy atom. The molecule has 0 amide bonds. The first-order valence-electron chi connectivity index (χ1n) is 5.21. The third-order valence-corrected chi connectivity index (χ3v) is 3.81. The first-order chi connectivity index (χ1) is 7.74. The van der Waals surface area contributed by atoms with Gasteiger partial charge in [0.25, 0.3) is 0 Å². The number of rotatable bonds is 4. The fourth-order valence-electron chi connectivity index (χ4n) is 1.74. The van der Waals surface area contributed by atoms with E-state index in [1.54, 1.807) is 17.4 Å². The monoisotopic (exact) mass is 235 g/mol. The van der Waals surface area contributed by atoms with Crippen LogP contribution in [0, 0.1) is 5.82 Å². The van der Waals surface area contributed by atoms with Crippen LogP contribution in [0.25, 0.3) is 10.1 Å². The summed E-state index contributed by atoms with van der Waals surface area (Å²) >= 11 is 1.63. The minimum Gasteiger partial charge on any atom is -0.312 e. The predicted octanol–water partition coefficient (Wildman–Crippen LogP) is 3.88. The van der Waals surface area contributed by atoms with Gasteiger partial charge in [-0.3, -0.25) is 0 Å². The van der Waals surface area contributed by atoms with Crippen LogP contribution in [0.3, 0.4) is 0 Å². The minimum absolute atomic E-state index is 0.175. The highest BCUT2D eigenvalue weighted by atomic mass is 32.1. The molecule has 0 spiro atoms. The fraction of sp³-hybridized carbons (Fsp3) is 0.231. The second-order valence-corrected chi connectivity index (χ2v) is 4.81. The molecule has 0 aliphatic carbocycles. The van der Waals surface area contributed by atoms with E-state index >= 15 is 0 Å². The van der Waals surface area contributed by atoms with E-state index in [2.05, 4.69) is 18.0 Å². The van der Waals surface area contributed by atoms with E-state index in [4.69, 9.17) is 0 Å². The standard InChI is InChI=1S/C13H14FNS/c1-3-4-11(15-2)13-7-9-5-6-10(14)8-12(9)16-13/h3,5-8,11,15H,1,4H2,2H3. The molecular weight excluding hydrogens is 221 g/mol. The summed E-state index contributed by atoms with van der Waals surface area (Å²) in [6, 6.07) is 7.30. The summed E-state index contributed by atoms with van der Waals surface area (Å²) in [7, 11) is 1.93. The molecule has 1 atom stereocenters. The van der Waals surface area contributed by atoms with Crippen molar-refractivity contribution in [1.82, 2.24) is 5.32 Å². The zero-order valence-corrected chi connectivity index (χ0v) is 9.98. The van der Waals surface area contributed by atoms with Gasteiger partial charge >= 0.3 is 0 Å². The van der Waals surface area contributed by atoms with Gasteiger partial charge < -0.3 is 5.32 Å². The van der Waals surface area contributed by atoms with E-state index in [-0.39, 0.29) is 11.9 Å². The highest BCUT2D eigenvalue weighted by Crippen LogP contribution is 2.31. The Hall–Kier alpha value is -1.19. The van der Waals surface area contributed by atoms with Gasteiger partial charge in [-0.1, -0.05) is 12.1 Å². The lowest BCUT2D eigenvalue weighted by Crippen LogP contribution is -2.13. The molecule has 0 radical (unpaired) electrons. The maximum absolute atomic E-state index is 13.1. The number of hydrogen-bond acceptors (Lipinski definition) is 2. The van der Waals surface area contributed by atoms with Gasteiger partial charge in [0, 0.05) is 15.6 Å². The van der Waals surface area contributed by atoms with Crippen LogP contribution >= 0.6 is 11.3 Å². The number of thiophene rings is 1. The molecule has 0 aliphatic heterocycles. The molecule has 1 nitrogen and oxygen atoms in total. The van der Waals surface area contributed by atoms with Crippen molar-refractivity contribution in [2.45, 2.75) is 12.5 Å². The van der Waals surface area contributed by atoms with Gasteiger partial charge in [-0.2, -0.15) is 0 Å². The number of halogens is 1. The Kier molecular flexibility index (Phi) is 3.36. The van der Waals surface area contributed by atoms with Crippen molar-refractivity contribution < 1.29 is 4.39 Å². The van der Waals surface area contributed by atoms with E-state index in [1.165, 1.54) is 10.9 Å². The summed E-state index contributed by atoms with van der Waals surface area (Å²) in [6.45, 7) is 3.75. The molecular formula is C13H14FNS.